The van der Waals surface area contributed by atoms with Gasteiger partial charge in [-0.2, -0.15) is 0 Å². The summed E-state index contributed by atoms with van der Waals surface area (Å²) in [4.78, 5) is 16.5. The molecule has 0 atom stereocenters. The maximum Gasteiger partial charge on any atom is 0.0737 e. The van der Waals surface area contributed by atoms with Crippen LogP contribution in [0.25, 0.3) is 45.9 Å². The van der Waals surface area contributed by atoms with Gasteiger partial charge in [0.15, 0.2) is 0 Å². The minimum absolute atomic E-state index is 0. The van der Waals surface area contributed by atoms with Gasteiger partial charge < -0.3 is 9.97 Å². The van der Waals surface area contributed by atoms with E-state index < -0.39 is 0 Å². The van der Waals surface area contributed by atoms with Crippen molar-refractivity contribution in [2.75, 3.05) is 0 Å². The summed E-state index contributed by atoms with van der Waals surface area (Å²) in [5, 5.41) is 0. The van der Waals surface area contributed by atoms with E-state index >= 15 is 0 Å². The average Bonchev–Trinajstić information content (AvgIpc) is 3.53. The zero-order chi connectivity index (χ0) is 19.9. The second-order valence-corrected chi connectivity index (χ2v) is 7.46. The fourth-order valence-corrected chi connectivity index (χ4v) is 3.86. The number of nitrogens with one attached hydrogen (secondary N) is 2. The number of rotatable bonds is 1. The molecule has 0 spiro atoms. The van der Waals surface area contributed by atoms with E-state index in [1.54, 1.807) is 0 Å². The summed E-state index contributed by atoms with van der Waals surface area (Å²) in [6.45, 7) is 0. The molecule has 0 saturated carbocycles. The number of fused-ring (bicyclic) bond motifs is 8. The molecule has 8 bridgehead atoms. The molecular weight excluding hydrogens is 563 g/mol. The normalized spacial score (nSPS) is 12.3. The molecule has 2 aliphatic rings. The molecule has 2 aliphatic heterocycles. The van der Waals surface area contributed by atoms with Crippen LogP contribution in [-0.2, 0) is 21.1 Å². The van der Waals surface area contributed by atoms with Crippen LogP contribution in [-0.4, -0.2) is 19.9 Å². The van der Waals surface area contributed by atoms with Gasteiger partial charge in [-0.25, -0.2) is 9.97 Å². The first kappa shape index (κ1) is 19.5. The van der Waals surface area contributed by atoms with Crippen LogP contribution in [0.4, 0.5) is 0 Å². The molecule has 5 heterocycles. The average molecular weight is 582 g/mol. The van der Waals surface area contributed by atoms with Crippen molar-refractivity contribution in [2.24, 2.45) is 0 Å². The number of H-pyrrole nitrogens is 2. The van der Waals surface area contributed by atoms with Gasteiger partial charge in [-0.1, -0.05) is 30.3 Å². The Balaban J connectivity index is 0.00000204. The Kier molecular flexibility index (Phi) is 5.01. The number of aromatic nitrogens is 4. The van der Waals surface area contributed by atoms with E-state index in [0.29, 0.717) is 0 Å². The number of hydrogen-bond acceptors (Lipinski definition) is 2. The summed E-state index contributed by atoms with van der Waals surface area (Å²) in [5.74, 6) is 0. The SMILES string of the molecule is C1=Cc2cc3ccc(cc4ccc(cc5nc(cc1n2)C(c1ccccc1)=C5)[nH]4)[nH]3.[Pt]. The molecule has 31 heavy (non-hydrogen) atoms. The second-order valence-electron chi connectivity index (χ2n) is 7.46. The molecule has 0 aliphatic carbocycles. The van der Waals surface area contributed by atoms with Gasteiger partial charge in [0.2, 0.25) is 0 Å². The smallest absolute Gasteiger partial charge is 0.0737 e. The van der Waals surface area contributed by atoms with Crippen molar-refractivity contribution in [3.8, 4) is 0 Å². The third-order valence-corrected chi connectivity index (χ3v) is 5.25. The Bertz CT molecular complexity index is 1490. The zero-order valence-corrected chi connectivity index (χ0v) is 18.7. The Morgan fingerprint density at radius 1 is 0.548 bits per heavy atom. The molecule has 2 N–H and O–H groups in total. The maximum atomic E-state index is 4.90. The van der Waals surface area contributed by atoms with Gasteiger partial charge in [0.1, 0.15) is 0 Å². The molecule has 0 saturated heterocycles. The standard InChI is InChI=1S/C26H18N4.Pt/c1-2-4-17(5-3-1)25-15-24-14-22-9-8-20(28-22)12-18-6-7-19(27-18)13-21-10-11-23(29-21)16-26(25)30-24;/h1-16,27-28H;. The van der Waals surface area contributed by atoms with E-state index in [1.807, 2.05) is 18.2 Å². The van der Waals surface area contributed by atoms with Gasteiger partial charge in [0, 0.05) is 48.7 Å². The van der Waals surface area contributed by atoms with Crippen LogP contribution in [0, 0.1) is 0 Å². The van der Waals surface area contributed by atoms with Crippen molar-refractivity contribution >= 4 is 45.9 Å². The van der Waals surface area contributed by atoms with Crippen LogP contribution in [0.3, 0.4) is 0 Å². The Morgan fingerprint density at radius 2 is 1.13 bits per heavy atom. The van der Waals surface area contributed by atoms with E-state index in [2.05, 4.69) is 88.8 Å². The minimum Gasteiger partial charge on any atom is -0.355 e. The zero-order valence-electron chi connectivity index (χ0n) is 16.4. The molecule has 3 aromatic heterocycles. The Hall–Kier alpha value is -3.49. The molecule has 6 rings (SSSR count). The number of aromatic amines is 2. The van der Waals surface area contributed by atoms with Crippen LogP contribution < -0.4 is 0 Å². The number of hydrogen-bond donors (Lipinski definition) is 2. The molecule has 4 aromatic rings. The van der Waals surface area contributed by atoms with E-state index in [0.717, 1.165) is 56.0 Å². The van der Waals surface area contributed by atoms with Crippen LogP contribution >= 0.6 is 0 Å². The van der Waals surface area contributed by atoms with Crippen molar-refractivity contribution < 1.29 is 21.1 Å². The summed E-state index contributed by atoms with van der Waals surface area (Å²) >= 11 is 0. The Labute approximate surface area is 193 Å². The van der Waals surface area contributed by atoms with E-state index in [4.69, 9.17) is 9.97 Å². The van der Waals surface area contributed by atoms with E-state index in [9.17, 15) is 0 Å². The quantitative estimate of drug-likeness (QED) is 0.248. The van der Waals surface area contributed by atoms with Crippen molar-refractivity contribution in [1.29, 1.82) is 0 Å². The van der Waals surface area contributed by atoms with Crippen LogP contribution in [0.2, 0.25) is 0 Å². The van der Waals surface area contributed by atoms with Crippen LogP contribution in [0.5, 0.6) is 0 Å². The first-order valence-electron chi connectivity index (χ1n) is 9.92. The van der Waals surface area contributed by atoms with Crippen molar-refractivity contribution in [1.82, 2.24) is 19.9 Å². The summed E-state index contributed by atoms with van der Waals surface area (Å²) in [6, 6.07) is 26.9. The third kappa shape index (κ3) is 3.95. The molecule has 1 aromatic carbocycles. The van der Waals surface area contributed by atoms with Crippen LogP contribution in [0.1, 0.15) is 28.3 Å². The summed E-state index contributed by atoms with van der Waals surface area (Å²) in [5.41, 5.74) is 10.0. The maximum absolute atomic E-state index is 4.90. The number of nitrogens with zero attached hydrogens (tertiary/aromatic N) is 2. The molecule has 0 amide bonds. The topological polar surface area (TPSA) is 57.4 Å². The fourth-order valence-electron chi connectivity index (χ4n) is 3.86. The molecule has 4 nitrogen and oxygen atoms in total. The first-order chi connectivity index (χ1) is 14.8. The predicted octanol–water partition coefficient (Wildman–Crippen LogP) is 6.07. The van der Waals surface area contributed by atoms with Gasteiger partial charge in [-0.15, -0.1) is 0 Å². The molecular formula is C26H18N4Pt. The second kappa shape index (κ2) is 7.97. The van der Waals surface area contributed by atoms with Crippen LogP contribution in [0.15, 0.2) is 78.9 Å². The van der Waals surface area contributed by atoms with E-state index in [1.165, 1.54) is 0 Å². The van der Waals surface area contributed by atoms with Crippen molar-refractivity contribution in [3.05, 3.63) is 107 Å². The first-order valence-corrected chi connectivity index (χ1v) is 9.92. The minimum atomic E-state index is 0. The van der Waals surface area contributed by atoms with Crippen molar-refractivity contribution in [3.63, 3.8) is 0 Å². The molecule has 0 fully saturated rings. The fraction of sp³-hybridized carbons (Fsp3) is 0. The van der Waals surface area contributed by atoms with Gasteiger partial charge in [-0.3, -0.25) is 0 Å². The van der Waals surface area contributed by atoms with Crippen molar-refractivity contribution in [2.45, 2.75) is 0 Å². The summed E-state index contributed by atoms with van der Waals surface area (Å²) in [7, 11) is 0. The van der Waals surface area contributed by atoms with Gasteiger partial charge in [-0.05, 0) is 72.3 Å². The Morgan fingerprint density at radius 3 is 1.81 bits per heavy atom. The molecule has 5 heteroatoms. The largest absolute Gasteiger partial charge is 0.355 e. The van der Waals surface area contributed by atoms with E-state index in [-0.39, 0.29) is 21.1 Å². The predicted molar refractivity (Wildman–Crippen MR) is 123 cm³/mol. The molecule has 0 unspecified atom stereocenters. The van der Waals surface area contributed by atoms with Gasteiger partial charge in [0.05, 0.1) is 22.8 Å². The summed E-state index contributed by atoms with van der Waals surface area (Å²) in [6.07, 6.45) is 6.20. The third-order valence-electron chi connectivity index (χ3n) is 5.25. The monoisotopic (exact) mass is 581 g/mol. The molecule has 152 valence electrons. The van der Waals surface area contributed by atoms with Gasteiger partial charge >= 0.3 is 0 Å². The number of benzene rings is 1. The summed E-state index contributed by atoms with van der Waals surface area (Å²) < 4.78 is 0. The van der Waals surface area contributed by atoms with Gasteiger partial charge in [0.25, 0.3) is 0 Å². The molecule has 0 radical (unpaired) electrons.